The Bertz CT molecular complexity index is 936. The summed E-state index contributed by atoms with van der Waals surface area (Å²) in [6.07, 6.45) is 4.35. The molecule has 2 heterocycles. The standard InChI is InChI=1S/C17H19N5O2/c1-10-6-8-12(9-7-10)24-16-13-14(18)19-17(23)20-15(13)22(21-16)11-4-2-3-5-11/h6-9,11H,2-5H2,1H3,(H3,18,19,20,23). The van der Waals surface area contributed by atoms with Gasteiger partial charge in [-0.2, -0.15) is 4.98 Å². The van der Waals surface area contributed by atoms with Crippen molar-refractivity contribution < 1.29 is 4.74 Å². The third-order valence-corrected chi connectivity index (χ3v) is 4.48. The van der Waals surface area contributed by atoms with Crippen molar-refractivity contribution in [3.8, 4) is 11.6 Å². The molecule has 0 saturated heterocycles. The van der Waals surface area contributed by atoms with Gasteiger partial charge in [-0.25, -0.2) is 9.48 Å². The highest BCUT2D eigenvalue weighted by Crippen LogP contribution is 2.36. The SMILES string of the molecule is Cc1ccc(Oc2nn(C3CCCC3)c3nc(=O)[nH]c(N)c23)cc1. The highest BCUT2D eigenvalue weighted by Gasteiger charge is 2.25. The molecule has 0 amide bonds. The number of aromatic nitrogens is 4. The van der Waals surface area contributed by atoms with Crippen molar-refractivity contribution >= 4 is 16.9 Å². The molecule has 4 rings (SSSR count). The fraction of sp³-hybridized carbons (Fsp3) is 0.353. The quantitative estimate of drug-likeness (QED) is 0.771. The largest absolute Gasteiger partial charge is 0.437 e. The van der Waals surface area contributed by atoms with Crippen LogP contribution in [0.25, 0.3) is 11.0 Å². The lowest BCUT2D eigenvalue weighted by Crippen LogP contribution is -2.15. The fourth-order valence-corrected chi connectivity index (χ4v) is 3.24. The van der Waals surface area contributed by atoms with Gasteiger partial charge in [0.15, 0.2) is 5.65 Å². The van der Waals surface area contributed by atoms with Crippen LogP contribution in [0, 0.1) is 6.92 Å². The molecular weight excluding hydrogens is 306 g/mol. The molecule has 7 heteroatoms. The van der Waals surface area contributed by atoms with Crippen LogP contribution in [0.4, 0.5) is 5.82 Å². The van der Waals surface area contributed by atoms with Crippen LogP contribution in [0.15, 0.2) is 29.1 Å². The van der Waals surface area contributed by atoms with E-state index in [-0.39, 0.29) is 11.9 Å². The minimum atomic E-state index is -0.471. The van der Waals surface area contributed by atoms with E-state index in [1.165, 1.54) is 0 Å². The van der Waals surface area contributed by atoms with Gasteiger partial charge in [0.25, 0.3) is 5.88 Å². The molecule has 24 heavy (non-hydrogen) atoms. The van der Waals surface area contributed by atoms with Gasteiger partial charge in [-0.05, 0) is 31.9 Å². The predicted molar refractivity (Wildman–Crippen MR) is 91.3 cm³/mol. The normalized spacial score (nSPS) is 15.2. The van der Waals surface area contributed by atoms with Gasteiger partial charge < -0.3 is 10.5 Å². The fourth-order valence-electron chi connectivity index (χ4n) is 3.24. The number of nitrogen functional groups attached to an aromatic ring is 1. The highest BCUT2D eigenvalue weighted by molar-refractivity contribution is 5.90. The molecule has 1 aliphatic rings. The van der Waals surface area contributed by atoms with E-state index in [0.29, 0.717) is 22.7 Å². The van der Waals surface area contributed by atoms with Crippen LogP contribution in [-0.4, -0.2) is 19.7 Å². The number of aromatic amines is 1. The van der Waals surface area contributed by atoms with Gasteiger partial charge in [0.2, 0.25) is 0 Å². The second-order valence-corrected chi connectivity index (χ2v) is 6.26. The van der Waals surface area contributed by atoms with Gasteiger partial charge in [-0.3, -0.25) is 4.98 Å². The topological polar surface area (TPSA) is 98.8 Å². The Labute approximate surface area is 138 Å². The Balaban J connectivity index is 1.85. The number of hydrogen-bond acceptors (Lipinski definition) is 5. The number of fused-ring (bicyclic) bond motifs is 1. The zero-order valence-corrected chi connectivity index (χ0v) is 13.5. The van der Waals surface area contributed by atoms with Crippen molar-refractivity contribution in [2.24, 2.45) is 0 Å². The molecule has 3 N–H and O–H groups in total. The lowest BCUT2D eigenvalue weighted by Gasteiger charge is -2.09. The number of nitrogens with zero attached hydrogens (tertiary/aromatic N) is 3. The summed E-state index contributed by atoms with van der Waals surface area (Å²) < 4.78 is 7.74. The highest BCUT2D eigenvalue weighted by atomic mass is 16.5. The zero-order chi connectivity index (χ0) is 16.7. The van der Waals surface area contributed by atoms with Crippen LogP contribution in [0.1, 0.15) is 37.3 Å². The van der Waals surface area contributed by atoms with E-state index in [1.807, 2.05) is 31.2 Å². The zero-order valence-electron chi connectivity index (χ0n) is 13.5. The summed E-state index contributed by atoms with van der Waals surface area (Å²) in [5.41, 5.74) is 7.19. The van der Waals surface area contributed by atoms with Gasteiger partial charge in [0, 0.05) is 0 Å². The monoisotopic (exact) mass is 325 g/mol. The number of aryl methyl sites for hydroxylation is 1. The minimum Gasteiger partial charge on any atom is -0.437 e. The average Bonchev–Trinajstić information content (AvgIpc) is 3.17. The summed E-state index contributed by atoms with van der Waals surface area (Å²) in [6.45, 7) is 2.01. The van der Waals surface area contributed by atoms with E-state index < -0.39 is 5.69 Å². The first-order valence-corrected chi connectivity index (χ1v) is 8.14. The molecule has 1 aromatic carbocycles. The first-order valence-electron chi connectivity index (χ1n) is 8.14. The molecule has 0 radical (unpaired) electrons. The molecule has 1 aliphatic carbocycles. The maximum Gasteiger partial charge on any atom is 0.348 e. The third-order valence-electron chi connectivity index (χ3n) is 4.48. The average molecular weight is 325 g/mol. The molecule has 7 nitrogen and oxygen atoms in total. The molecule has 0 spiro atoms. The molecule has 0 atom stereocenters. The summed E-state index contributed by atoms with van der Waals surface area (Å²) in [4.78, 5) is 18.4. The number of nitrogens with one attached hydrogen (secondary N) is 1. The van der Waals surface area contributed by atoms with Gasteiger partial charge in [0.05, 0.1) is 6.04 Å². The Morgan fingerprint density at radius 2 is 1.96 bits per heavy atom. The van der Waals surface area contributed by atoms with Gasteiger partial charge in [-0.1, -0.05) is 30.5 Å². The van der Waals surface area contributed by atoms with E-state index in [0.717, 1.165) is 31.2 Å². The number of rotatable bonds is 3. The summed E-state index contributed by atoms with van der Waals surface area (Å²) >= 11 is 0. The van der Waals surface area contributed by atoms with E-state index in [2.05, 4.69) is 15.1 Å². The Kier molecular flexibility index (Phi) is 3.48. The van der Waals surface area contributed by atoms with Gasteiger partial charge >= 0.3 is 5.69 Å². The van der Waals surface area contributed by atoms with Gasteiger partial charge in [0.1, 0.15) is 17.0 Å². The smallest absolute Gasteiger partial charge is 0.348 e. The maximum absolute atomic E-state index is 11.7. The van der Waals surface area contributed by atoms with Crippen LogP contribution < -0.4 is 16.2 Å². The van der Waals surface area contributed by atoms with Crippen LogP contribution in [-0.2, 0) is 0 Å². The van der Waals surface area contributed by atoms with E-state index in [1.54, 1.807) is 4.68 Å². The van der Waals surface area contributed by atoms with E-state index in [4.69, 9.17) is 10.5 Å². The lowest BCUT2D eigenvalue weighted by atomic mass is 10.2. The molecule has 3 aromatic rings. The van der Waals surface area contributed by atoms with E-state index in [9.17, 15) is 4.79 Å². The first-order chi connectivity index (χ1) is 11.6. The summed E-state index contributed by atoms with van der Waals surface area (Å²) in [6, 6.07) is 7.93. The molecule has 1 fully saturated rings. The number of hydrogen-bond donors (Lipinski definition) is 2. The lowest BCUT2D eigenvalue weighted by molar-refractivity contribution is 0.422. The predicted octanol–water partition coefficient (Wildman–Crippen LogP) is 2.92. The molecule has 1 saturated carbocycles. The van der Waals surface area contributed by atoms with Crippen LogP contribution in [0.2, 0.25) is 0 Å². The second kappa shape index (κ2) is 5.67. The van der Waals surface area contributed by atoms with Gasteiger partial charge in [-0.15, -0.1) is 5.10 Å². The van der Waals surface area contributed by atoms with Crippen LogP contribution >= 0.6 is 0 Å². The number of anilines is 1. The maximum atomic E-state index is 11.7. The van der Waals surface area contributed by atoms with Crippen molar-refractivity contribution in [2.45, 2.75) is 38.6 Å². The minimum absolute atomic E-state index is 0.233. The van der Waals surface area contributed by atoms with Crippen molar-refractivity contribution in [1.29, 1.82) is 0 Å². The van der Waals surface area contributed by atoms with Crippen molar-refractivity contribution in [2.75, 3.05) is 5.73 Å². The first kappa shape index (κ1) is 14.7. The van der Waals surface area contributed by atoms with Crippen molar-refractivity contribution in [3.05, 3.63) is 40.3 Å². The molecule has 0 aliphatic heterocycles. The summed E-state index contributed by atoms with van der Waals surface area (Å²) in [5.74, 6) is 1.28. The Morgan fingerprint density at radius 1 is 1.25 bits per heavy atom. The Morgan fingerprint density at radius 3 is 2.67 bits per heavy atom. The summed E-state index contributed by atoms with van der Waals surface area (Å²) in [7, 11) is 0. The molecule has 124 valence electrons. The number of H-pyrrole nitrogens is 1. The number of benzene rings is 1. The molecule has 0 unspecified atom stereocenters. The summed E-state index contributed by atoms with van der Waals surface area (Å²) in [5, 5.41) is 5.14. The van der Waals surface area contributed by atoms with Crippen molar-refractivity contribution in [3.63, 3.8) is 0 Å². The number of ether oxygens (including phenoxy) is 1. The molecule has 2 aromatic heterocycles. The van der Waals surface area contributed by atoms with Crippen molar-refractivity contribution in [1.82, 2.24) is 19.7 Å². The van der Waals surface area contributed by atoms with E-state index >= 15 is 0 Å². The molecular formula is C17H19N5O2. The van der Waals surface area contributed by atoms with Crippen LogP contribution in [0.5, 0.6) is 11.6 Å². The van der Waals surface area contributed by atoms with Crippen LogP contribution in [0.3, 0.4) is 0 Å². The third kappa shape index (κ3) is 2.51. The molecule has 0 bridgehead atoms. The second-order valence-electron chi connectivity index (χ2n) is 6.26. The Hall–Kier alpha value is -2.83. The number of nitrogens with two attached hydrogens (primary N) is 1.